The lowest BCUT2D eigenvalue weighted by Crippen LogP contribution is -2.12. The van der Waals surface area contributed by atoms with Crippen molar-refractivity contribution in [2.75, 3.05) is 11.9 Å². The van der Waals surface area contributed by atoms with Gasteiger partial charge < -0.3 is 10.4 Å². The second kappa shape index (κ2) is 5.90. The van der Waals surface area contributed by atoms with E-state index in [2.05, 4.69) is 11.4 Å². The summed E-state index contributed by atoms with van der Waals surface area (Å²) in [5.41, 5.74) is 2.10. The topological polar surface area (TPSA) is 32.3 Å². The Hall–Kier alpha value is -1.02. The predicted molar refractivity (Wildman–Crippen MR) is 67.4 cm³/mol. The zero-order valence-electron chi connectivity index (χ0n) is 9.78. The van der Waals surface area contributed by atoms with Gasteiger partial charge in [0.1, 0.15) is 0 Å². The lowest BCUT2D eigenvalue weighted by atomic mass is 9.82. The molecule has 0 aromatic heterocycles. The van der Waals surface area contributed by atoms with Crippen molar-refractivity contribution in [2.45, 2.75) is 38.7 Å². The lowest BCUT2D eigenvalue weighted by Gasteiger charge is -2.25. The Balaban J connectivity index is 1.67. The molecule has 2 nitrogen and oxygen atoms in total. The van der Waals surface area contributed by atoms with Crippen LogP contribution in [0.5, 0.6) is 0 Å². The highest BCUT2D eigenvalue weighted by Crippen LogP contribution is 2.30. The van der Waals surface area contributed by atoms with Crippen molar-refractivity contribution in [1.82, 2.24) is 0 Å². The minimum absolute atomic E-state index is 0.123. The van der Waals surface area contributed by atoms with E-state index >= 15 is 0 Å². The van der Waals surface area contributed by atoms with Gasteiger partial charge in [-0.15, -0.1) is 0 Å². The van der Waals surface area contributed by atoms with Gasteiger partial charge in [-0.1, -0.05) is 31.4 Å². The molecular weight excluding hydrogens is 198 g/mol. The fraction of sp³-hybridized carbons (Fsp3) is 0.571. The number of nitrogens with one attached hydrogen (secondary N) is 1. The number of hydrogen-bond donors (Lipinski definition) is 2. The van der Waals surface area contributed by atoms with Gasteiger partial charge in [-0.05, 0) is 36.5 Å². The van der Waals surface area contributed by atoms with Crippen molar-refractivity contribution in [1.29, 1.82) is 0 Å². The number of aliphatic hydroxyl groups excluding tert-OH is 1. The molecule has 0 bridgehead atoms. The maximum absolute atomic E-state index is 9.02. The predicted octanol–water partition coefficient (Wildman–Crippen LogP) is 3.17. The van der Waals surface area contributed by atoms with Crippen molar-refractivity contribution in [3.63, 3.8) is 0 Å². The van der Waals surface area contributed by atoms with Crippen LogP contribution in [0.1, 0.15) is 37.7 Å². The Morgan fingerprint density at radius 2 is 2.19 bits per heavy atom. The summed E-state index contributed by atoms with van der Waals surface area (Å²) < 4.78 is 0. The summed E-state index contributed by atoms with van der Waals surface area (Å²) in [6.45, 7) is 1.17. The van der Waals surface area contributed by atoms with Gasteiger partial charge in [-0.3, -0.25) is 0 Å². The molecular formula is C14H21NO. The summed E-state index contributed by atoms with van der Waals surface area (Å²) in [5, 5.41) is 12.4. The zero-order valence-corrected chi connectivity index (χ0v) is 9.78. The quantitative estimate of drug-likeness (QED) is 0.720. The summed E-state index contributed by atoms with van der Waals surface area (Å²) in [4.78, 5) is 0. The number of rotatable bonds is 6. The van der Waals surface area contributed by atoms with Gasteiger partial charge in [0.05, 0.1) is 6.61 Å². The van der Waals surface area contributed by atoms with Crippen LogP contribution in [0, 0.1) is 5.92 Å². The number of anilines is 1. The molecule has 0 radical (unpaired) electrons. The Morgan fingerprint density at radius 1 is 1.31 bits per heavy atom. The van der Waals surface area contributed by atoms with E-state index < -0.39 is 0 Å². The second-order valence-corrected chi connectivity index (χ2v) is 4.72. The summed E-state index contributed by atoms with van der Waals surface area (Å²) in [5.74, 6) is 1.01. The molecule has 16 heavy (non-hydrogen) atoms. The molecule has 1 aliphatic carbocycles. The molecule has 0 amide bonds. The van der Waals surface area contributed by atoms with E-state index in [9.17, 15) is 0 Å². The molecule has 1 aliphatic rings. The van der Waals surface area contributed by atoms with Gasteiger partial charge in [-0.2, -0.15) is 0 Å². The van der Waals surface area contributed by atoms with Gasteiger partial charge in [0.2, 0.25) is 0 Å². The van der Waals surface area contributed by atoms with Crippen molar-refractivity contribution >= 4 is 5.69 Å². The van der Waals surface area contributed by atoms with Crippen LogP contribution >= 0.6 is 0 Å². The van der Waals surface area contributed by atoms with Crippen LogP contribution in [0.3, 0.4) is 0 Å². The average Bonchev–Trinajstić information content (AvgIpc) is 2.27. The largest absolute Gasteiger partial charge is 0.392 e. The third-order valence-corrected chi connectivity index (χ3v) is 3.45. The first-order valence-electron chi connectivity index (χ1n) is 6.32. The number of benzene rings is 1. The first-order valence-corrected chi connectivity index (χ1v) is 6.32. The minimum Gasteiger partial charge on any atom is -0.392 e. The highest BCUT2D eigenvalue weighted by atomic mass is 16.3. The molecule has 2 rings (SSSR count). The minimum atomic E-state index is 0.123. The maximum atomic E-state index is 9.02. The standard InChI is InChI=1S/C14H21NO/c16-11-13-6-2-8-14(10-13)15-9-3-7-12-4-1-5-12/h2,6,8,10,12,15-16H,1,3-5,7,9,11H2. The van der Waals surface area contributed by atoms with E-state index in [-0.39, 0.29) is 6.61 Å². The molecule has 0 saturated heterocycles. The monoisotopic (exact) mass is 219 g/mol. The van der Waals surface area contributed by atoms with Gasteiger partial charge in [0, 0.05) is 12.2 Å². The molecule has 1 aromatic rings. The SMILES string of the molecule is OCc1cccc(NCCCC2CCC2)c1. The molecule has 2 N–H and O–H groups in total. The summed E-state index contributed by atoms with van der Waals surface area (Å²) in [6, 6.07) is 8.01. The van der Waals surface area contributed by atoms with E-state index in [4.69, 9.17) is 5.11 Å². The smallest absolute Gasteiger partial charge is 0.0682 e. The van der Waals surface area contributed by atoms with Crippen molar-refractivity contribution < 1.29 is 5.11 Å². The molecule has 0 aliphatic heterocycles. The maximum Gasteiger partial charge on any atom is 0.0682 e. The van der Waals surface area contributed by atoms with Gasteiger partial charge in [0.25, 0.3) is 0 Å². The molecule has 1 aromatic carbocycles. The Morgan fingerprint density at radius 3 is 2.88 bits per heavy atom. The van der Waals surface area contributed by atoms with E-state index in [1.54, 1.807) is 0 Å². The summed E-state index contributed by atoms with van der Waals surface area (Å²) in [7, 11) is 0. The molecule has 1 saturated carbocycles. The van der Waals surface area contributed by atoms with Crippen LogP contribution < -0.4 is 5.32 Å². The Kier molecular flexibility index (Phi) is 4.23. The van der Waals surface area contributed by atoms with Crippen molar-refractivity contribution in [2.24, 2.45) is 5.92 Å². The number of hydrogen-bond acceptors (Lipinski definition) is 2. The third-order valence-electron chi connectivity index (χ3n) is 3.45. The summed E-state index contributed by atoms with van der Waals surface area (Å²) >= 11 is 0. The highest BCUT2D eigenvalue weighted by molar-refractivity contribution is 5.45. The van der Waals surface area contributed by atoms with Crippen LogP contribution in [-0.4, -0.2) is 11.7 Å². The fourth-order valence-electron chi connectivity index (χ4n) is 2.18. The molecule has 1 fully saturated rings. The van der Waals surface area contributed by atoms with Crippen LogP contribution in [0.2, 0.25) is 0 Å². The molecule has 0 heterocycles. The highest BCUT2D eigenvalue weighted by Gasteiger charge is 2.15. The van der Waals surface area contributed by atoms with E-state index in [1.165, 1.54) is 32.1 Å². The van der Waals surface area contributed by atoms with Crippen molar-refractivity contribution in [3.05, 3.63) is 29.8 Å². The van der Waals surface area contributed by atoms with Crippen LogP contribution in [-0.2, 0) is 6.61 Å². The first kappa shape index (κ1) is 11.5. The number of aliphatic hydroxyl groups is 1. The molecule has 0 unspecified atom stereocenters. The molecule has 0 spiro atoms. The Bertz CT molecular complexity index is 320. The van der Waals surface area contributed by atoms with Crippen LogP contribution in [0.25, 0.3) is 0 Å². The third kappa shape index (κ3) is 3.24. The van der Waals surface area contributed by atoms with Gasteiger partial charge in [-0.25, -0.2) is 0 Å². The van der Waals surface area contributed by atoms with Crippen LogP contribution in [0.4, 0.5) is 5.69 Å². The normalized spacial score (nSPS) is 15.8. The van der Waals surface area contributed by atoms with Crippen LogP contribution in [0.15, 0.2) is 24.3 Å². The van der Waals surface area contributed by atoms with E-state index in [0.717, 1.165) is 23.7 Å². The molecule has 88 valence electrons. The summed E-state index contributed by atoms with van der Waals surface area (Å²) in [6.07, 6.45) is 6.96. The van der Waals surface area contributed by atoms with Gasteiger partial charge >= 0.3 is 0 Å². The lowest BCUT2D eigenvalue weighted by molar-refractivity contribution is 0.282. The van der Waals surface area contributed by atoms with E-state index in [1.807, 2.05) is 18.2 Å². The van der Waals surface area contributed by atoms with E-state index in [0.29, 0.717) is 0 Å². The Labute approximate surface area is 97.7 Å². The fourth-order valence-corrected chi connectivity index (χ4v) is 2.18. The first-order chi connectivity index (χ1) is 7.88. The zero-order chi connectivity index (χ0) is 11.2. The molecule has 2 heteroatoms. The second-order valence-electron chi connectivity index (χ2n) is 4.72. The molecule has 0 atom stereocenters. The average molecular weight is 219 g/mol. The van der Waals surface area contributed by atoms with Crippen molar-refractivity contribution in [3.8, 4) is 0 Å². The van der Waals surface area contributed by atoms with Gasteiger partial charge in [0.15, 0.2) is 0 Å².